The fraction of sp³-hybridized carbons (Fsp3) is 0.500. The predicted molar refractivity (Wildman–Crippen MR) is 91.4 cm³/mol. The van der Waals surface area contributed by atoms with Crippen molar-refractivity contribution in [1.29, 1.82) is 5.26 Å². The topological polar surface area (TPSA) is 93.2 Å². The molecule has 0 radical (unpaired) electrons. The largest absolute Gasteiger partial charge is 0.491 e. The SMILES string of the molecule is CNCC(=Cc1cnc(N)c(C#N)c1)B1OC(C)(C)C(C)(C)O1. The van der Waals surface area contributed by atoms with Gasteiger partial charge in [0.05, 0.1) is 16.8 Å². The van der Waals surface area contributed by atoms with Gasteiger partial charge in [0, 0.05) is 12.7 Å². The third-order valence-corrected chi connectivity index (χ3v) is 4.35. The Kier molecular flexibility index (Phi) is 4.80. The minimum Gasteiger partial charge on any atom is -0.400 e. The van der Waals surface area contributed by atoms with Gasteiger partial charge in [0.2, 0.25) is 0 Å². The number of rotatable bonds is 4. The zero-order valence-electron chi connectivity index (χ0n) is 14.3. The van der Waals surface area contributed by atoms with E-state index in [0.717, 1.165) is 11.0 Å². The molecule has 0 aromatic carbocycles. The number of nitrogens with zero attached hydrogens (tertiary/aromatic N) is 2. The maximum Gasteiger partial charge on any atom is 0.491 e. The number of aromatic nitrogens is 1. The molecule has 1 aromatic rings. The van der Waals surface area contributed by atoms with Crippen molar-refractivity contribution >= 4 is 19.0 Å². The molecule has 1 fully saturated rings. The number of pyridine rings is 1. The third kappa shape index (κ3) is 3.55. The first kappa shape index (κ1) is 17.5. The summed E-state index contributed by atoms with van der Waals surface area (Å²) in [4.78, 5) is 4.06. The molecule has 6 nitrogen and oxygen atoms in total. The van der Waals surface area contributed by atoms with E-state index in [2.05, 4.69) is 10.3 Å². The summed E-state index contributed by atoms with van der Waals surface area (Å²) in [6.07, 6.45) is 3.56. The summed E-state index contributed by atoms with van der Waals surface area (Å²) in [6, 6.07) is 3.75. The van der Waals surface area contributed by atoms with Crippen molar-refractivity contribution in [1.82, 2.24) is 10.3 Å². The molecule has 0 atom stereocenters. The van der Waals surface area contributed by atoms with Gasteiger partial charge in [-0.15, -0.1) is 0 Å². The molecule has 3 N–H and O–H groups in total. The van der Waals surface area contributed by atoms with Crippen molar-refractivity contribution in [3.63, 3.8) is 0 Å². The summed E-state index contributed by atoms with van der Waals surface area (Å²) in [5.74, 6) is 0.232. The molecule has 1 aromatic heterocycles. The summed E-state index contributed by atoms with van der Waals surface area (Å²) in [5.41, 5.74) is 6.94. The van der Waals surface area contributed by atoms with E-state index in [1.54, 1.807) is 12.3 Å². The van der Waals surface area contributed by atoms with Gasteiger partial charge in [-0.25, -0.2) is 4.98 Å². The zero-order valence-corrected chi connectivity index (χ0v) is 14.3. The highest BCUT2D eigenvalue weighted by Gasteiger charge is 2.52. The molecule has 7 heteroatoms. The van der Waals surface area contributed by atoms with Gasteiger partial charge in [0.15, 0.2) is 0 Å². The lowest BCUT2D eigenvalue weighted by atomic mass is 9.77. The first-order valence-electron chi connectivity index (χ1n) is 7.56. The molecule has 122 valence electrons. The maximum atomic E-state index is 9.08. The molecule has 0 saturated carbocycles. The Morgan fingerprint density at radius 3 is 2.52 bits per heavy atom. The number of nitrogen functional groups attached to an aromatic ring is 1. The minimum absolute atomic E-state index is 0.232. The zero-order chi connectivity index (χ0) is 17.3. The van der Waals surface area contributed by atoms with Crippen LogP contribution in [-0.4, -0.2) is 36.9 Å². The van der Waals surface area contributed by atoms with Crippen LogP contribution < -0.4 is 11.1 Å². The van der Waals surface area contributed by atoms with E-state index in [4.69, 9.17) is 20.3 Å². The monoisotopic (exact) mass is 314 g/mol. The molecule has 0 spiro atoms. The number of nitrogens with one attached hydrogen (secondary N) is 1. The molecular weight excluding hydrogens is 291 g/mol. The van der Waals surface area contributed by atoms with Crippen molar-refractivity contribution in [2.24, 2.45) is 0 Å². The van der Waals surface area contributed by atoms with E-state index in [1.807, 2.05) is 46.9 Å². The Hall–Kier alpha value is -1.88. The lowest BCUT2D eigenvalue weighted by Gasteiger charge is -2.32. The van der Waals surface area contributed by atoms with Crippen LogP contribution in [0.2, 0.25) is 0 Å². The van der Waals surface area contributed by atoms with Gasteiger partial charge < -0.3 is 20.4 Å². The molecule has 23 heavy (non-hydrogen) atoms. The molecule has 0 bridgehead atoms. The first-order chi connectivity index (χ1) is 10.7. The third-order valence-electron chi connectivity index (χ3n) is 4.35. The van der Waals surface area contributed by atoms with Crippen LogP contribution in [0.4, 0.5) is 5.82 Å². The molecule has 2 heterocycles. The quantitative estimate of drug-likeness (QED) is 0.823. The average Bonchev–Trinajstić information content (AvgIpc) is 2.69. The summed E-state index contributed by atoms with van der Waals surface area (Å²) in [7, 11) is 1.41. The van der Waals surface area contributed by atoms with Crippen LogP contribution in [0.5, 0.6) is 0 Å². The Morgan fingerprint density at radius 2 is 2.00 bits per heavy atom. The lowest BCUT2D eigenvalue weighted by Crippen LogP contribution is -2.41. The van der Waals surface area contributed by atoms with Crippen LogP contribution in [-0.2, 0) is 9.31 Å². The summed E-state index contributed by atoms with van der Waals surface area (Å²) in [6.45, 7) is 8.67. The summed E-state index contributed by atoms with van der Waals surface area (Å²) in [5, 5.41) is 12.2. The molecule has 0 unspecified atom stereocenters. The van der Waals surface area contributed by atoms with Gasteiger partial charge >= 0.3 is 7.12 Å². The fourth-order valence-electron chi connectivity index (χ4n) is 2.28. The second-order valence-corrected chi connectivity index (χ2v) is 6.65. The van der Waals surface area contributed by atoms with Crippen LogP contribution in [0.15, 0.2) is 17.7 Å². The van der Waals surface area contributed by atoms with Gasteiger partial charge in [-0.3, -0.25) is 0 Å². The Bertz CT molecular complexity index is 649. The first-order valence-corrected chi connectivity index (χ1v) is 7.56. The van der Waals surface area contributed by atoms with Crippen LogP contribution in [0.25, 0.3) is 6.08 Å². The number of hydrogen-bond donors (Lipinski definition) is 2. The highest BCUT2D eigenvalue weighted by Crippen LogP contribution is 2.38. The number of anilines is 1. The van der Waals surface area contributed by atoms with E-state index in [0.29, 0.717) is 12.1 Å². The highest BCUT2D eigenvalue weighted by molar-refractivity contribution is 6.55. The van der Waals surface area contributed by atoms with Gasteiger partial charge in [-0.05, 0) is 51.8 Å². The number of nitriles is 1. The smallest absolute Gasteiger partial charge is 0.400 e. The fourth-order valence-corrected chi connectivity index (χ4v) is 2.28. The Balaban J connectivity index is 2.34. The van der Waals surface area contributed by atoms with Crippen molar-refractivity contribution in [2.45, 2.75) is 38.9 Å². The van der Waals surface area contributed by atoms with Gasteiger partial charge in [-0.1, -0.05) is 6.08 Å². The molecule has 2 rings (SSSR count). The molecule has 0 aliphatic carbocycles. The van der Waals surface area contributed by atoms with Crippen LogP contribution in [0.1, 0.15) is 38.8 Å². The minimum atomic E-state index is -0.449. The normalized spacial score (nSPS) is 19.7. The second kappa shape index (κ2) is 6.32. The van der Waals surface area contributed by atoms with Gasteiger partial charge in [-0.2, -0.15) is 5.26 Å². The van der Waals surface area contributed by atoms with Crippen molar-refractivity contribution < 1.29 is 9.31 Å². The lowest BCUT2D eigenvalue weighted by molar-refractivity contribution is 0.00578. The van der Waals surface area contributed by atoms with Crippen molar-refractivity contribution in [2.75, 3.05) is 19.3 Å². The average molecular weight is 314 g/mol. The highest BCUT2D eigenvalue weighted by atomic mass is 16.7. The molecule has 1 saturated heterocycles. The number of hydrogen-bond acceptors (Lipinski definition) is 6. The standard InChI is InChI=1S/C16H23BN4O2/c1-15(2)16(3,4)23-17(22-15)13(10-20-5)7-11-6-12(8-18)14(19)21-9-11/h6-7,9,20H,10H2,1-5H3,(H2,19,21). The summed E-state index contributed by atoms with van der Waals surface area (Å²) < 4.78 is 12.2. The van der Waals surface area contributed by atoms with E-state index in [-0.39, 0.29) is 5.82 Å². The Morgan fingerprint density at radius 1 is 1.39 bits per heavy atom. The maximum absolute atomic E-state index is 9.08. The molecular formula is C16H23BN4O2. The summed E-state index contributed by atoms with van der Waals surface area (Å²) >= 11 is 0. The van der Waals surface area contributed by atoms with Gasteiger partial charge in [0.25, 0.3) is 0 Å². The number of likely N-dealkylation sites (N-methyl/N-ethyl adjacent to an activating group) is 1. The second-order valence-electron chi connectivity index (χ2n) is 6.65. The Labute approximate surface area is 137 Å². The van der Waals surface area contributed by atoms with Crippen molar-refractivity contribution in [3.05, 3.63) is 28.9 Å². The molecule has 0 amide bonds. The van der Waals surface area contributed by atoms with E-state index >= 15 is 0 Å². The van der Waals surface area contributed by atoms with Gasteiger partial charge in [0.1, 0.15) is 11.9 Å². The van der Waals surface area contributed by atoms with E-state index < -0.39 is 18.3 Å². The van der Waals surface area contributed by atoms with E-state index in [1.165, 1.54) is 0 Å². The number of nitrogens with two attached hydrogens (primary N) is 1. The van der Waals surface area contributed by atoms with Crippen LogP contribution in [0.3, 0.4) is 0 Å². The predicted octanol–water partition coefficient (Wildman–Crippen LogP) is 1.77. The van der Waals surface area contributed by atoms with E-state index in [9.17, 15) is 0 Å². The molecule has 1 aliphatic rings. The van der Waals surface area contributed by atoms with Crippen LogP contribution in [0, 0.1) is 11.3 Å². The van der Waals surface area contributed by atoms with Crippen molar-refractivity contribution in [3.8, 4) is 6.07 Å². The van der Waals surface area contributed by atoms with Crippen LogP contribution >= 0.6 is 0 Å². The molecule has 1 aliphatic heterocycles.